The molecule has 0 unspecified atom stereocenters. The Morgan fingerprint density at radius 2 is 1.95 bits per heavy atom. The standard InChI is InChI=1S/C29H37BN7O3/c1-4-5-16-40-21(3)26-20(2)24-18-32-29(34-27(24)37(28(26)39)22-8-6-7-9-22)33-25-11-10-23(17-31-25)35-12-14-36(15-13-35)30-19-38/h10-11,17-19,22H,3-9,12-16H2,1-2H3,(H,31,32,33,34). The maximum atomic E-state index is 13.9. The lowest BCUT2D eigenvalue weighted by molar-refractivity contribution is 0.270. The lowest BCUT2D eigenvalue weighted by Gasteiger charge is -2.35. The van der Waals surface area contributed by atoms with E-state index in [1.165, 1.54) is 0 Å². The van der Waals surface area contributed by atoms with Crippen molar-refractivity contribution in [1.82, 2.24) is 24.3 Å². The Bertz CT molecular complexity index is 1410. The molecule has 1 radical (unpaired) electrons. The summed E-state index contributed by atoms with van der Waals surface area (Å²) >= 11 is 0. The van der Waals surface area contributed by atoms with Crippen molar-refractivity contribution in [3.8, 4) is 0 Å². The van der Waals surface area contributed by atoms with Gasteiger partial charge >= 0.3 is 0 Å². The van der Waals surface area contributed by atoms with Gasteiger partial charge in [0.05, 0.1) is 30.2 Å². The summed E-state index contributed by atoms with van der Waals surface area (Å²) in [5.74, 6) is 1.43. The van der Waals surface area contributed by atoms with Gasteiger partial charge in [-0.2, -0.15) is 4.98 Å². The summed E-state index contributed by atoms with van der Waals surface area (Å²) in [6.07, 6.45) is 10.4. The molecule has 10 nitrogen and oxygen atoms in total. The molecule has 1 aliphatic carbocycles. The van der Waals surface area contributed by atoms with Gasteiger partial charge in [-0.05, 0) is 43.9 Å². The van der Waals surface area contributed by atoms with Crippen LogP contribution in [0.5, 0.6) is 0 Å². The number of nitrogens with one attached hydrogen (secondary N) is 1. The summed E-state index contributed by atoms with van der Waals surface area (Å²) in [4.78, 5) is 42.9. The zero-order valence-electron chi connectivity index (χ0n) is 23.4. The molecule has 3 aromatic heterocycles. The van der Waals surface area contributed by atoms with E-state index in [4.69, 9.17) is 9.72 Å². The molecule has 11 heteroatoms. The van der Waals surface area contributed by atoms with E-state index in [0.717, 1.165) is 87.5 Å². The number of aryl methyl sites for hydroxylation is 1. The summed E-state index contributed by atoms with van der Waals surface area (Å²) < 4.78 is 7.72. The van der Waals surface area contributed by atoms with E-state index in [1.807, 2.05) is 34.6 Å². The lowest BCUT2D eigenvalue weighted by atomic mass is 9.93. The highest BCUT2D eigenvalue weighted by Crippen LogP contribution is 2.33. The maximum absolute atomic E-state index is 13.9. The molecule has 0 atom stereocenters. The van der Waals surface area contributed by atoms with Crippen molar-refractivity contribution in [2.75, 3.05) is 43.0 Å². The first kappa shape index (κ1) is 27.8. The second-order valence-corrected chi connectivity index (χ2v) is 10.5. The van der Waals surface area contributed by atoms with Crippen LogP contribution in [0.15, 0.2) is 35.9 Å². The van der Waals surface area contributed by atoms with Crippen molar-refractivity contribution in [2.24, 2.45) is 0 Å². The summed E-state index contributed by atoms with van der Waals surface area (Å²) in [6.45, 7) is 11.9. The fourth-order valence-electron chi connectivity index (χ4n) is 5.61. The predicted octanol–water partition coefficient (Wildman–Crippen LogP) is 4.07. The van der Waals surface area contributed by atoms with Crippen LogP contribution in [0, 0.1) is 6.92 Å². The number of rotatable bonds is 11. The molecule has 0 spiro atoms. The van der Waals surface area contributed by atoms with Gasteiger partial charge in [-0.25, -0.2) is 9.97 Å². The van der Waals surface area contributed by atoms with Crippen molar-refractivity contribution in [3.63, 3.8) is 0 Å². The average Bonchev–Trinajstić information content (AvgIpc) is 3.49. The van der Waals surface area contributed by atoms with Crippen LogP contribution in [0.4, 0.5) is 17.5 Å². The Kier molecular flexibility index (Phi) is 8.79. The minimum Gasteiger partial charge on any atom is -0.493 e. The van der Waals surface area contributed by atoms with E-state index in [1.54, 1.807) is 13.6 Å². The van der Waals surface area contributed by atoms with Crippen molar-refractivity contribution in [1.29, 1.82) is 0 Å². The van der Waals surface area contributed by atoms with Crippen LogP contribution in [0.25, 0.3) is 16.8 Å². The zero-order valence-corrected chi connectivity index (χ0v) is 23.4. The average molecular weight is 542 g/mol. The SMILES string of the molecule is C=C(OCCCC)c1c(C)c2cnc(Nc3ccc(N4CCN([B]C=O)CC4)cn3)nc2n(C2CCCC2)c1=O. The molecule has 1 aliphatic heterocycles. The molecule has 2 aliphatic rings. The second kappa shape index (κ2) is 12.6. The number of anilines is 3. The number of carbonyl (C=O) groups excluding carboxylic acids is 1. The van der Waals surface area contributed by atoms with Crippen molar-refractivity contribution in [3.05, 3.63) is 52.6 Å². The highest BCUT2D eigenvalue weighted by atomic mass is 16.5. The first-order valence-electron chi connectivity index (χ1n) is 14.2. The Morgan fingerprint density at radius 3 is 2.62 bits per heavy atom. The molecule has 3 aromatic rings. The molecule has 5 rings (SSSR count). The Morgan fingerprint density at radius 1 is 1.18 bits per heavy atom. The van der Waals surface area contributed by atoms with Crippen LogP contribution in [0.3, 0.4) is 0 Å². The summed E-state index contributed by atoms with van der Waals surface area (Å²) in [6, 6.07) is 4.01. The van der Waals surface area contributed by atoms with Gasteiger partial charge in [0, 0.05) is 43.8 Å². The Labute approximate surface area is 235 Å². The molecule has 0 aromatic carbocycles. The Hall–Kier alpha value is -3.73. The summed E-state index contributed by atoms with van der Waals surface area (Å²) in [5, 5.41) is 4.04. The van der Waals surface area contributed by atoms with Crippen LogP contribution in [-0.4, -0.2) is 70.7 Å². The van der Waals surface area contributed by atoms with Crippen LogP contribution in [0.2, 0.25) is 0 Å². The van der Waals surface area contributed by atoms with Crippen LogP contribution in [-0.2, 0) is 9.53 Å². The van der Waals surface area contributed by atoms with Gasteiger partial charge in [-0.1, -0.05) is 32.8 Å². The van der Waals surface area contributed by atoms with Gasteiger partial charge in [0.1, 0.15) is 17.2 Å². The van der Waals surface area contributed by atoms with Gasteiger partial charge < -0.3 is 24.6 Å². The van der Waals surface area contributed by atoms with Crippen LogP contribution >= 0.6 is 0 Å². The normalized spacial score (nSPS) is 16.3. The maximum Gasteiger partial charge on any atom is 0.293 e. The number of nitrogens with zero attached hydrogens (tertiary/aromatic N) is 6. The fraction of sp³-hybridized carbons (Fsp3) is 0.483. The van der Waals surface area contributed by atoms with Gasteiger partial charge in [0.25, 0.3) is 13.0 Å². The van der Waals surface area contributed by atoms with Gasteiger partial charge in [0.2, 0.25) is 5.95 Å². The molecule has 4 heterocycles. The molecule has 209 valence electrons. The largest absolute Gasteiger partial charge is 0.493 e. The number of fused-ring (bicyclic) bond motifs is 1. The van der Waals surface area contributed by atoms with Gasteiger partial charge in [-0.3, -0.25) is 9.36 Å². The molecular formula is C29H37BN7O3. The predicted molar refractivity (Wildman–Crippen MR) is 160 cm³/mol. The van der Waals surface area contributed by atoms with Crippen molar-refractivity contribution in [2.45, 2.75) is 58.4 Å². The number of piperazine rings is 1. The highest BCUT2D eigenvalue weighted by Gasteiger charge is 2.26. The van der Waals surface area contributed by atoms with Gasteiger partial charge in [0.15, 0.2) is 0 Å². The van der Waals surface area contributed by atoms with E-state index in [2.05, 4.69) is 33.7 Å². The number of unbranched alkanes of at least 4 members (excludes halogenated alkanes) is 1. The molecule has 1 saturated heterocycles. The number of hydrogen-bond donors (Lipinski definition) is 1. The third-order valence-corrected chi connectivity index (χ3v) is 7.89. The topological polar surface area (TPSA) is 105 Å². The molecule has 0 bridgehead atoms. The lowest BCUT2D eigenvalue weighted by Crippen LogP contribution is -2.48. The van der Waals surface area contributed by atoms with E-state index in [9.17, 15) is 9.59 Å². The monoisotopic (exact) mass is 542 g/mol. The van der Waals surface area contributed by atoms with E-state index < -0.39 is 0 Å². The van der Waals surface area contributed by atoms with Gasteiger partial charge in [-0.15, -0.1) is 0 Å². The molecular weight excluding hydrogens is 505 g/mol. The van der Waals surface area contributed by atoms with Crippen molar-refractivity contribution < 1.29 is 9.53 Å². The van der Waals surface area contributed by atoms with E-state index >= 15 is 0 Å². The number of hydrogen-bond acceptors (Lipinski definition) is 9. The Balaban J connectivity index is 1.41. The first-order valence-corrected chi connectivity index (χ1v) is 14.2. The minimum absolute atomic E-state index is 0.0857. The molecule has 40 heavy (non-hydrogen) atoms. The van der Waals surface area contributed by atoms with E-state index in [-0.39, 0.29) is 11.6 Å². The van der Waals surface area contributed by atoms with Crippen molar-refractivity contribution >= 4 is 47.8 Å². The molecule has 0 amide bonds. The third kappa shape index (κ3) is 5.89. The number of ether oxygens (including phenoxy) is 1. The molecule has 1 N–H and O–H groups in total. The third-order valence-electron chi connectivity index (χ3n) is 7.89. The van der Waals surface area contributed by atoms with Crippen LogP contribution in [0.1, 0.15) is 62.6 Å². The molecule has 1 saturated carbocycles. The summed E-state index contributed by atoms with van der Waals surface area (Å²) in [7, 11) is 1.60. The number of carbonyl (C=O) groups is 1. The quantitative estimate of drug-likeness (QED) is 0.166. The molecule has 2 fully saturated rings. The van der Waals surface area contributed by atoms with Crippen LogP contribution < -0.4 is 15.8 Å². The zero-order chi connectivity index (χ0) is 28.1. The summed E-state index contributed by atoms with van der Waals surface area (Å²) in [5.41, 5.74) is 2.85. The highest BCUT2D eigenvalue weighted by molar-refractivity contribution is 6.64. The first-order chi connectivity index (χ1) is 19.5. The minimum atomic E-state index is -0.101. The smallest absolute Gasteiger partial charge is 0.293 e. The second-order valence-electron chi connectivity index (χ2n) is 10.5. The van der Waals surface area contributed by atoms with E-state index in [0.29, 0.717) is 35.3 Å². The fourth-order valence-corrected chi connectivity index (χ4v) is 5.61. The number of pyridine rings is 2. The number of aromatic nitrogens is 4.